The molecule has 0 amide bonds. The molecule has 2 nitrogen and oxygen atoms in total. The first kappa shape index (κ1) is 14.3. The SMILES string of the molecule is c1ccc2c(c1)Sc1ccccc1[S+]2c1ccc2c(c1)OCCO2. The summed E-state index contributed by atoms with van der Waals surface area (Å²) < 4.78 is 11.5. The second-order valence-corrected chi connectivity index (χ2v) is 8.65. The molecule has 3 aromatic rings. The zero-order chi connectivity index (χ0) is 15.9. The van der Waals surface area contributed by atoms with Crippen LogP contribution in [-0.2, 0) is 10.9 Å². The summed E-state index contributed by atoms with van der Waals surface area (Å²) in [4.78, 5) is 6.74. The quantitative estimate of drug-likeness (QED) is 0.449. The Morgan fingerprint density at radius 2 is 1.33 bits per heavy atom. The third kappa shape index (κ3) is 2.29. The van der Waals surface area contributed by atoms with Crippen molar-refractivity contribution in [3.05, 3.63) is 66.7 Å². The number of benzene rings is 3. The lowest BCUT2D eigenvalue weighted by Crippen LogP contribution is -2.16. The first-order valence-electron chi connectivity index (χ1n) is 7.90. The van der Waals surface area contributed by atoms with Gasteiger partial charge in [-0.1, -0.05) is 36.0 Å². The van der Waals surface area contributed by atoms with E-state index in [1.165, 1.54) is 24.5 Å². The smallest absolute Gasteiger partial charge is 0.180 e. The molecule has 4 heteroatoms. The van der Waals surface area contributed by atoms with E-state index in [9.17, 15) is 0 Å². The van der Waals surface area contributed by atoms with Gasteiger partial charge in [-0.15, -0.1) is 0 Å². The number of ether oxygens (including phenoxy) is 2. The van der Waals surface area contributed by atoms with E-state index >= 15 is 0 Å². The Morgan fingerprint density at radius 1 is 0.708 bits per heavy atom. The molecule has 118 valence electrons. The van der Waals surface area contributed by atoms with Gasteiger partial charge in [0.1, 0.15) is 24.1 Å². The summed E-state index contributed by atoms with van der Waals surface area (Å²) in [6, 6.07) is 23.8. The molecule has 0 aliphatic carbocycles. The summed E-state index contributed by atoms with van der Waals surface area (Å²) in [5.74, 6) is 1.71. The van der Waals surface area contributed by atoms with Gasteiger partial charge in [0, 0.05) is 6.07 Å². The molecule has 0 N–H and O–H groups in total. The van der Waals surface area contributed by atoms with Crippen LogP contribution in [0.2, 0.25) is 0 Å². The Balaban J connectivity index is 1.70. The predicted octanol–water partition coefficient (Wildman–Crippen LogP) is 5.02. The molecule has 0 radical (unpaired) electrons. The van der Waals surface area contributed by atoms with Crippen molar-refractivity contribution in [1.82, 2.24) is 0 Å². The Bertz CT molecular complexity index is 878. The molecule has 0 spiro atoms. The highest BCUT2D eigenvalue weighted by Gasteiger charge is 2.38. The molecule has 24 heavy (non-hydrogen) atoms. The second-order valence-electron chi connectivity index (χ2n) is 5.61. The average molecular weight is 351 g/mol. The molecule has 0 atom stereocenters. The van der Waals surface area contributed by atoms with Gasteiger partial charge in [0.2, 0.25) is 0 Å². The van der Waals surface area contributed by atoms with Gasteiger partial charge in [-0.25, -0.2) is 0 Å². The summed E-state index contributed by atoms with van der Waals surface area (Å²) in [5.41, 5.74) is 0. The van der Waals surface area contributed by atoms with Crippen molar-refractivity contribution in [3.63, 3.8) is 0 Å². The molecular formula is C20H15O2S2+. The van der Waals surface area contributed by atoms with Crippen LogP contribution in [0.25, 0.3) is 0 Å². The molecule has 0 unspecified atom stereocenters. The maximum atomic E-state index is 5.81. The van der Waals surface area contributed by atoms with Crippen LogP contribution in [0.5, 0.6) is 11.5 Å². The van der Waals surface area contributed by atoms with Crippen LogP contribution in [-0.4, -0.2) is 13.2 Å². The van der Waals surface area contributed by atoms with Gasteiger partial charge in [0.05, 0.1) is 9.79 Å². The number of hydrogen-bond donors (Lipinski definition) is 0. The van der Waals surface area contributed by atoms with E-state index in [1.54, 1.807) is 0 Å². The highest BCUT2D eigenvalue weighted by molar-refractivity contribution is 8.04. The zero-order valence-electron chi connectivity index (χ0n) is 12.9. The average Bonchev–Trinajstić information content (AvgIpc) is 2.65. The second kappa shape index (κ2) is 5.80. The first-order valence-corrected chi connectivity index (χ1v) is 9.94. The lowest BCUT2D eigenvalue weighted by atomic mass is 10.3. The fourth-order valence-electron chi connectivity index (χ4n) is 3.05. The van der Waals surface area contributed by atoms with E-state index in [2.05, 4.69) is 60.7 Å². The van der Waals surface area contributed by atoms with Crippen LogP contribution >= 0.6 is 11.8 Å². The highest BCUT2D eigenvalue weighted by atomic mass is 32.2. The number of rotatable bonds is 1. The summed E-state index contributed by atoms with van der Waals surface area (Å²) in [6.45, 7) is 1.24. The van der Waals surface area contributed by atoms with Crippen LogP contribution in [0.1, 0.15) is 0 Å². The van der Waals surface area contributed by atoms with E-state index < -0.39 is 0 Å². The van der Waals surface area contributed by atoms with Crippen molar-refractivity contribution in [2.45, 2.75) is 24.5 Å². The van der Waals surface area contributed by atoms with E-state index in [4.69, 9.17) is 9.47 Å². The Kier molecular flexibility index (Phi) is 3.46. The molecule has 5 rings (SSSR count). The predicted molar refractivity (Wildman–Crippen MR) is 96.6 cm³/mol. The number of fused-ring (bicyclic) bond motifs is 3. The van der Waals surface area contributed by atoms with Gasteiger partial charge in [-0.2, -0.15) is 0 Å². The van der Waals surface area contributed by atoms with Crippen molar-refractivity contribution >= 4 is 22.7 Å². The highest BCUT2D eigenvalue weighted by Crippen LogP contribution is 2.49. The molecular weight excluding hydrogens is 336 g/mol. The molecule has 0 fully saturated rings. The molecule has 2 aliphatic heterocycles. The van der Waals surface area contributed by atoms with E-state index in [0.717, 1.165) is 11.5 Å². The third-order valence-corrected chi connectivity index (χ3v) is 7.83. The molecule has 0 saturated heterocycles. The van der Waals surface area contributed by atoms with Crippen molar-refractivity contribution in [3.8, 4) is 11.5 Å². The summed E-state index contributed by atoms with van der Waals surface area (Å²) in [7, 11) is -0.112. The van der Waals surface area contributed by atoms with E-state index in [-0.39, 0.29) is 10.9 Å². The Morgan fingerprint density at radius 3 is 2.04 bits per heavy atom. The van der Waals surface area contributed by atoms with Crippen LogP contribution in [0.4, 0.5) is 0 Å². The van der Waals surface area contributed by atoms with Crippen molar-refractivity contribution in [2.24, 2.45) is 0 Å². The monoisotopic (exact) mass is 351 g/mol. The normalized spacial score (nSPS) is 15.5. The van der Waals surface area contributed by atoms with Gasteiger partial charge in [-0.05, 0) is 36.4 Å². The maximum absolute atomic E-state index is 5.81. The van der Waals surface area contributed by atoms with Crippen LogP contribution in [0, 0.1) is 0 Å². The fourth-order valence-corrected chi connectivity index (χ4v) is 6.81. The Hall–Kier alpha value is -2.04. The van der Waals surface area contributed by atoms with Gasteiger partial charge < -0.3 is 9.47 Å². The molecule has 0 aromatic heterocycles. The van der Waals surface area contributed by atoms with Gasteiger partial charge in [0.15, 0.2) is 26.2 Å². The maximum Gasteiger partial charge on any atom is 0.180 e. The third-order valence-electron chi connectivity index (χ3n) is 4.11. The minimum atomic E-state index is -0.112. The first-order chi connectivity index (χ1) is 11.9. The van der Waals surface area contributed by atoms with Gasteiger partial charge >= 0.3 is 0 Å². The van der Waals surface area contributed by atoms with Gasteiger partial charge in [-0.3, -0.25) is 0 Å². The Labute approximate surface area is 148 Å². The number of hydrogen-bond acceptors (Lipinski definition) is 3. The van der Waals surface area contributed by atoms with Crippen LogP contribution in [0.3, 0.4) is 0 Å². The summed E-state index contributed by atoms with van der Waals surface area (Å²) in [5, 5.41) is 0. The lowest BCUT2D eigenvalue weighted by Gasteiger charge is -2.21. The van der Waals surface area contributed by atoms with Crippen molar-refractivity contribution in [2.75, 3.05) is 13.2 Å². The van der Waals surface area contributed by atoms with E-state index in [0.29, 0.717) is 13.2 Å². The minimum absolute atomic E-state index is 0.112. The molecule has 3 aromatic carbocycles. The molecule has 2 heterocycles. The molecule has 0 bridgehead atoms. The zero-order valence-corrected chi connectivity index (χ0v) is 14.5. The van der Waals surface area contributed by atoms with Crippen molar-refractivity contribution < 1.29 is 9.47 Å². The molecule has 0 saturated carbocycles. The lowest BCUT2D eigenvalue weighted by molar-refractivity contribution is 0.171. The van der Waals surface area contributed by atoms with Crippen LogP contribution < -0.4 is 9.47 Å². The fraction of sp³-hybridized carbons (Fsp3) is 0.100. The van der Waals surface area contributed by atoms with Crippen molar-refractivity contribution in [1.29, 1.82) is 0 Å². The minimum Gasteiger partial charge on any atom is -0.486 e. The van der Waals surface area contributed by atoms with E-state index in [1.807, 2.05) is 17.8 Å². The molecule has 2 aliphatic rings. The topological polar surface area (TPSA) is 18.5 Å². The van der Waals surface area contributed by atoms with Crippen LogP contribution in [0.15, 0.2) is 91.2 Å². The summed E-state index contributed by atoms with van der Waals surface area (Å²) in [6.07, 6.45) is 0. The largest absolute Gasteiger partial charge is 0.486 e. The summed E-state index contributed by atoms with van der Waals surface area (Å²) >= 11 is 1.86. The van der Waals surface area contributed by atoms with Gasteiger partial charge in [0.25, 0.3) is 0 Å². The standard InChI is InChI=1S/C20H15O2S2/c1-3-7-19-17(5-1)23-18-6-2-4-8-20(18)24(19)14-9-10-15-16(13-14)22-12-11-21-15/h1-10,13H,11-12H2/q+1.